The first kappa shape index (κ1) is 12.8. The maximum Gasteiger partial charge on any atom is 0.256 e. The Morgan fingerprint density at radius 3 is 2.64 bits per heavy atom. The lowest BCUT2D eigenvalue weighted by molar-refractivity contribution is -0.110. The summed E-state index contributed by atoms with van der Waals surface area (Å²) in [5.74, 6) is -1.02. The Kier molecular flexibility index (Phi) is 2.63. The van der Waals surface area contributed by atoms with Gasteiger partial charge in [-0.1, -0.05) is 0 Å². The van der Waals surface area contributed by atoms with E-state index in [4.69, 9.17) is 0 Å². The van der Waals surface area contributed by atoms with E-state index in [2.05, 4.69) is 10.3 Å². The number of carbonyl (C=O) groups is 1. The summed E-state index contributed by atoms with van der Waals surface area (Å²) in [5.41, 5.74) is 2.90. The molecule has 0 spiro atoms. The number of amides is 1. The third kappa shape index (κ3) is 1.90. The summed E-state index contributed by atoms with van der Waals surface area (Å²) in [6.07, 6.45) is 3.37. The number of nitrogens with one attached hydrogen (secondary N) is 2. The molecule has 0 bridgehead atoms. The molecule has 4 rings (SSSR count). The molecule has 2 N–H and O–H groups in total. The minimum absolute atomic E-state index is 0.280. The van der Waals surface area contributed by atoms with E-state index in [1.165, 1.54) is 30.3 Å². The van der Waals surface area contributed by atoms with Crippen LogP contribution in [0.25, 0.3) is 22.6 Å². The number of hydrogen-bond donors (Lipinski definition) is 2. The summed E-state index contributed by atoms with van der Waals surface area (Å²) >= 11 is 0. The van der Waals surface area contributed by atoms with Gasteiger partial charge in [-0.05, 0) is 42.5 Å². The SMILES string of the molecule is O=C1Nc2ccc(F)cc2/C1=C/c1c[nH]c2cc(F)ccc12. The van der Waals surface area contributed by atoms with Gasteiger partial charge in [-0.2, -0.15) is 0 Å². The molecule has 1 aromatic heterocycles. The second-order valence-corrected chi connectivity index (χ2v) is 5.14. The topological polar surface area (TPSA) is 44.9 Å². The van der Waals surface area contributed by atoms with Gasteiger partial charge in [-0.15, -0.1) is 0 Å². The average molecular weight is 296 g/mol. The molecule has 0 saturated heterocycles. The number of hydrogen-bond acceptors (Lipinski definition) is 1. The molecule has 22 heavy (non-hydrogen) atoms. The lowest BCUT2D eigenvalue weighted by atomic mass is 10.0. The third-order valence-corrected chi connectivity index (χ3v) is 3.74. The molecule has 0 unspecified atom stereocenters. The molecule has 0 saturated carbocycles. The van der Waals surface area contributed by atoms with Gasteiger partial charge >= 0.3 is 0 Å². The number of aromatic nitrogens is 1. The zero-order valence-electron chi connectivity index (χ0n) is 11.3. The van der Waals surface area contributed by atoms with E-state index >= 15 is 0 Å². The van der Waals surface area contributed by atoms with Crippen molar-refractivity contribution < 1.29 is 13.6 Å². The van der Waals surface area contributed by atoms with Gasteiger partial charge in [0.25, 0.3) is 5.91 Å². The maximum absolute atomic E-state index is 13.4. The summed E-state index contributed by atoms with van der Waals surface area (Å²) in [5, 5.41) is 3.50. The van der Waals surface area contributed by atoms with Crippen LogP contribution in [0.1, 0.15) is 11.1 Å². The number of aromatic amines is 1. The first-order valence-electron chi connectivity index (χ1n) is 6.71. The van der Waals surface area contributed by atoms with Crippen LogP contribution >= 0.6 is 0 Å². The van der Waals surface area contributed by atoms with Crippen molar-refractivity contribution in [3.8, 4) is 0 Å². The first-order valence-corrected chi connectivity index (χ1v) is 6.71. The van der Waals surface area contributed by atoms with Crippen LogP contribution in [-0.2, 0) is 4.79 Å². The van der Waals surface area contributed by atoms with Crippen molar-refractivity contribution in [2.24, 2.45) is 0 Å². The highest BCUT2D eigenvalue weighted by molar-refractivity contribution is 6.35. The molecular formula is C17H10F2N2O. The molecule has 0 atom stereocenters. The van der Waals surface area contributed by atoms with Crippen LogP contribution in [0.2, 0.25) is 0 Å². The number of halogens is 2. The fraction of sp³-hybridized carbons (Fsp3) is 0. The second kappa shape index (κ2) is 4.53. The fourth-order valence-electron chi connectivity index (χ4n) is 2.70. The van der Waals surface area contributed by atoms with Crippen LogP contribution in [0.15, 0.2) is 42.6 Å². The van der Waals surface area contributed by atoms with Crippen LogP contribution in [-0.4, -0.2) is 10.9 Å². The van der Waals surface area contributed by atoms with Crippen LogP contribution in [0.5, 0.6) is 0 Å². The largest absolute Gasteiger partial charge is 0.360 e. The minimum atomic E-state index is -0.401. The highest BCUT2D eigenvalue weighted by Gasteiger charge is 2.24. The minimum Gasteiger partial charge on any atom is -0.360 e. The number of H-pyrrole nitrogens is 1. The molecule has 1 aliphatic rings. The summed E-state index contributed by atoms with van der Waals surface area (Å²) in [7, 11) is 0. The molecule has 1 aliphatic heterocycles. The van der Waals surface area contributed by atoms with Crippen LogP contribution in [0.4, 0.5) is 14.5 Å². The Hall–Kier alpha value is -2.95. The van der Waals surface area contributed by atoms with Gasteiger partial charge in [0.05, 0.1) is 0 Å². The predicted octanol–water partition coefficient (Wildman–Crippen LogP) is 3.94. The zero-order chi connectivity index (χ0) is 15.3. The lowest BCUT2D eigenvalue weighted by Crippen LogP contribution is -2.03. The molecule has 3 aromatic rings. The van der Waals surface area contributed by atoms with Gasteiger partial charge in [0, 0.05) is 39.5 Å². The van der Waals surface area contributed by atoms with Gasteiger partial charge in [-0.25, -0.2) is 8.78 Å². The maximum atomic E-state index is 13.4. The summed E-state index contributed by atoms with van der Waals surface area (Å²) < 4.78 is 26.6. The smallest absolute Gasteiger partial charge is 0.256 e. The Bertz CT molecular complexity index is 956. The number of fused-ring (bicyclic) bond motifs is 2. The van der Waals surface area contributed by atoms with Crippen LogP contribution in [0.3, 0.4) is 0 Å². The van der Waals surface area contributed by atoms with Crippen molar-refractivity contribution in [1.29, 1.82) is 0 Å². The van der Waals surface area contributed by atoms with E-state index < -0.39 is 5.82 Å². The molecule has 2 heterocycles. The average Bonchev–Trinajstić information content (AvgIpc) is 3.01. The van der Waals surface area contributed by atoms with Crippen molar-refractivity contribution in [2.45, 2.75) is 0 Å². The first-order chi connectivity index (χ1) is 10.6. The Balaban J connectivity index is 1.89. The lowest BCUT2D eigenvalue weighted by Gasteiger charge is -1.98. The normalized spacial score (nSPS) is 15.4. The van der Waals surface area contributed by atoms with Gasteiger partial charge in [0.15, 0.2) is 0 Å². The Morgan fingerprint density at radius 1 is 1.00 bits per heavy atom. The van der Waals surface area contributed by atoms with Crippen LogP contribution < -0.4 is 5.32 Å². The molecule has 0 fully saturated rings. The zero-order valence-corrected chi connectivity index (χ0v) is 11.3. The molecule has 0 aliphatic carbocycles. The molecule has 2 aromatic carbocycles. The fourth-order valence-corrected chi connectivity index (χ4v) is 2.70. The summed E-state index contributed by atoms with van der Waals surface area (Å²) in [6.45, 7) is 0. The highest BCUT2D eigenvalue weighted by Crippen LogP contribution is 2.34. The molecule has 5 heteroatoms. The standard InChI is InChI=1S/C17H10F2N2O/c18-10-2-4-15-13(6-10)14(17(22)21-15)5-9-8-20-16-7-11(19)1-3-12(9)16/h1-8,20H,(H,21,22)/b14-5-. The van der Waals surface area contributed by atoms with E-state index in [9.17, 15) is 13.6 Å². The van der Waals surface area contributed by atoms with Crippen molar-refractivity contribution in [1.82, 2.24) is 4.98 Å². The van der Waals surface area contributed by atoms with E-state index in [0.717, 1.165) is 10.9 Å². The third-order valence-electron chi connectivity index (χ3n) is 3.74. The molecule has 108 valence electrons. The number of carbonyl (C=O) groups excluding carboxylic acids is 1. The van der Waals surface area contributed by atoms with Gasteiger partial charge < -0.3 is 10.3 Å². The molecule has 0 radical (unpaired) electrons. The quantitative estimate of drug-likeness (QED) is 0.656. The monoisotopic (exact) mass is 296 g/mol. The summed E-state index contributed by atoms with van der Waals surface area (Å²) in [4.78, 5) is 15.0. The van der Waals surface area contributed by atoms with Gasteiger partial charge in [-0.3, -0.25) is 4.79 Å². The van der Waals surface area contributed by atoms with E-state index in [0.29, 0.717) is 22.3 Å². The Morgan fingerprint density at radius 2 is 1.77 bits per heavy atom. The molecular weight excluding hydrogens is 286 g/mol. The second-order valence-electron chi connectivity index (χ2n) is 5.14. The van der Waals surface area contributed by atoms with Crippen molar-refractivity contribution >= 4 is 34.1 Å². The Labute approximate surface area is 124 Å². The molecule has 1 amide bonds. The highest BCUT2D eigenvalue weighted by atomic mass is 19.1. The number of anilines is 1. The van der Waals surface area contributed by atoms with Crippen LogP contribution in [0, 0.1) is 11.6 Å². The van der Waals surface area contributed by atoms with Gasteiger partial charge in [0.1, 0.15) is 11.6 Å². The van der Waals surface area contributed by atoms with Crippen molar-refractivity contribution in [3.63, 3.8) is 0 Å². The van der Waals surface area contributed by atoms with Gasteiger partial charge in [0.2, 0.25) is 0 Å². The van der Waals surface area contributed by atoms with E-state index in [1.807, 2.05) is 0 Å². The number of benzene rings is 2. The summed E-state index contributed by atoms with van der Waals surface area (Å²) in [6, 6.07) is 8.56. The predicted molar refractivity (Wildman–Crippen MR) is 81.2 cm³/mol. The molecule has 3 nitrogen and oxygen atoms in total. The number of rotatable bonds is 1. The van der Waals surface area contributed by atoms with E-state index in [-0.39, 0.29) is 11.7 Å². The van der Waals surface area contributed by atoms with E-state index in [1.54, 1.807) is 18.3 Å². The van der Waals surface area contributed by atoms with Crippen molar-refractivity contribution in [3.05, 3.63) is 65.4 Å². The van der Waals surface area contributed by atoms with Crippen molar-refractivity contribution in [2.75, 3.05) is 5.32 Å².